The van der Waals surface area contributed by atoms with Crippen molar-refractivity contribution in [2.75, 3.05) is 0 Å². The van der Waals surface area contributed by atoms with Gasteiger partial charge in [-0.25, -0.2) is 0 Å². The predicted octanol–water partition coefficient (Wildman–Crippen LogP) is 15.2. The van der Waals surface area contributed by atoms with Crippen LogP contribution in [-0.4, -0.2) is 9.13 Å². The smallest absolute Gasteiger partial charge is 0.0547 e. The normalized spacial score (nSPS) is 11.6. The molecule has 11 aromatic rings. The first-order valence-electron chi connectivity index (χ1n) is 20.1. The van der Waals surface area contributed by atoms with E-state index in [2.05, 4.69) is 229 Å². The maximum Gasteiger partial charge on any atom is 0.0547 e. The first-order chi connectivity index (χ1) is 28.6. The minimum absolute atomic E-state index is 1.14. The molecule has 0 spiro atoms. The van der Waals surface area contributed by atoms with Gasteiger partial charge in [-0.15, -0.1) is 0 Å². The molecule has 0 saturated heterocycles. The number of nitrogens with zero attached hydrogens (tertiary/aromatic N) is 2. The summed E-state index contributed by atoms with van der Waals surface area (Å²) in [6, 6.07) is 75.8. The standard InChI is InChI=1S/C56H40N2/c1-37-29-38(2)31-44(30-37)41-21-25-47(26-22-41)57-54-20-12-10-18-50(54)52-35-42(24-28-55(52)57)43-23-27-51-49-17-9-11-19-53(49)58(56(51)36-43)48-33-45(39-13-5-3-6-14-39)32-46(34-48)40-15-7-4-8-16-40/h3-36H,1-2H3. The molecular formula is C56H40N2. The number of fused-ring (bicyclic) bond motifs is 6. The summed E-state index contributed by atoms with van der Waals surface area (Å²) < 4.78 is 4.87. The molecule has 0 N–H and O–H groups in total. The number of rotatable bonds is 6. The Labute approximate surface area is 338 Å². The van der Waals surface area contributed by atoms with Crippen molar-refractivity contribution < 1.29 is 0 Å². The molecule has 0 unspecified atom stereocenters. The zero-order valence-corrected chi connectivity index (χ0v) is 32.5. The lowest BCUT2D eigenvalue weighted by Gasteiger charge is -2.14. The molecule has 0 fully saturated rings. The quantitative estimate of drug-likeness (QED) is 0.161. The van der Waals surface area contributed by atoms with E-state index in [-0.39, 0.29) is 0 Å². The zero-order valence-electron chi connectivity index (χ0n) is 32.5. The number of benzene rings is 9. The average Bonchev–Trinajstić information content (AvgIpc) is 3.79. The van der Waals surface area contributed by atoms with Crippen LogP contribution in [0, 0.1) is 13.8 Å². The van der Waals surface area contributed by atoms with Gasteiger partial charge >= 0.3 is 0 Å². The van der Waals surface area contributed by atoms with E-state index in [1.165, 1.54) is 99.2 Å². The van der Waals surface area contributed by atoms with E-state index in [1.807, 2.05) is 0 Å². The van der Waals surface area contributed by atoms with Gasteiger partial charge in [0, 0.05) is 32.9 Å². The molecule has 274 valence electrons. The van der Waals surface area contributed by atoms with E-state index in [9.17, 15) is 0 Å². The summed E-state index contributed by atoms with van der Waals surface area (Å²) in [6.07, 6.45) is 0. The highest BCUT2D eigenvalue weighted by Gasteiger charge is 2.17. The molecule has 2 aromatic heterocycles. The molecule has 11 rings (SSSR count). The molecule has 58 heavy (non-hydrogen) atoms. The van der Waals surface area contributed by atoms with Crippen molar-refractivity contribution in [1.29, 1.82) is 0 Å². The van der Waals surface area contributed by atoms with E-state index < -0.39 is 0 Å². The van der Waals surface area contributed by atoms with Gasteiger partial charge in [-0.3, -0.25) is 0 Å². The Morgan fingerprint density at radius 3 is 1.33 bits per heavy atom. The fourth-order valence-corrected chi connectivity index (χ4v) is 9.14. The van der Waals surface area contributed by atoms with Crippen molar-refractivity contribution in [3.8, 4) is 55.9 Å². The van der Waals surface area contributed by atoms with Gasteiger partial charge in [-0.1, -0.05) is 157 Å². The topological polar surface area (TPSA) is 9.86 Å². The Kier molecular flexibility index (Phi) is 7.97. The highest BCUT2D eigenvalue weighted by atomic mass is 15.0. The maximum absolute atomic E-state index is 2.46. The third kappa shape index (κ3) is 5.73. The second kappa shape index (κ2) is 13.7. The van der Waals surface area contributed by atoms with Gasteiger partial charge in [-0.2, -0.15) is 0 Å². The Morgan fingerprint density at radius 2 is 0.690 bits per heavy atom. The summed E-state index contributed by atoms with van der Waals surface area (Å²) in [5, 5.41) is 4.99. The van der Waals surface area contributed by atoms with Crippen LogP contribution in [0.2, 0.25) is 0 Å². The lowest BCUT2D eigenvalue weighted by atomic mass is 9.98. The summed E-state index contributed by atoms with van der Waals surface area (Å²) >= 11 is 0. The second-order valence-electron chi connectivity index (χ2n) is 15.6. The Hall–Kier alpha value is -7.42. The molecular weight excluding hydrogens is 701 g/mol. The average molecular weight is 741 g/mol. The van der Waals surface area contributed by atoms with Crippen LogP contribution in [0.1, 0.15) is 11.1 Å². The van der Waals surface area contributed by atoms with Crippen molar-refractivity contribution in [2.45, 2.75) is 13.8 Å². The maximum atomic E-state index is 2.46. The highest BCUT2D eigenvalue weighted by molar-refractivity contribution is 6.12. The molecule has 2 nitrogen and oxygen atoms in total. The molecule has 2 heterocycles. The number of para-hydroxylation sites is 2. The SMILES string of the molecule is Cc1cc(C)cc(-c2ccc(-n3c4ccccc4c4cc(-c5ccc6c7ccccc7n(-c7cc(-c8ccccc8)cc(-c8ccccc8)c7)c6c5)ccc43)cc2)c1. The van der Waals surface area contributed by atoms with Gasteiger partial charge in [0.25, 0.3) is 0 Å². The third-order valence-electron chi connectivity index (χ3n) is 11.8. The second-order valence-corrected chi connectivity index (χ2v) is 15.6. The van der Waals surface area contributed by atoms with Crippen LogP contribution in [0.5, 0.6) is 0 Å². The zero-order chi connectivity index (χ0) is 38.7. The third-order valence-corrected chi connectivity index (χ3v) is 11.8. The number of hydrogen-bond donors (Lipinski definition) is 0. The van der Waals surface area contributed by atoms with Crippen LogP contribution >= 0.6 is 0 Å². The van der Waals surface area contributed by atoms with E-state index in [1.54, 1.807) is 0 Å². The van der Waals surface area contributed by atoms with Gasteiger partial charge in [0.2, 0.25) is 0 Å². The summed E-state index contributed by atoms with van der Waals surface area (Å²) in [7, 11) is 0. The highest BCUT2D eigenvalue weighted by Crippen LogP contribution is 2.40. The molecule has 2 heteroatoms. The van der Waals surface area contributed by atoms with Crippen molar-refractivity contribution in [3.63, 3.8) is 0 Å². The summed E-state index contributed by atoms with van der Waals surface area (Å²) in [4.78, 5) is 0. The number of aryl methyl sites for hydroxylation is 2. The van der Waals surface area contributed by atoms with Gasteiger partial charge in [0.15, 0.2) is 0 Å². The fourth-order valence-electron chi connectivity index (χ4n) is 9.14. The van der Waals surface area contributed by atoms with Crippen molar-refractivity contribution >= 4 is 43.6 Å². The van der Waals surface area contributed by atoms with Crippen LogP contribution in [0.4, 0.5) is 0 Å². The summed E-state index contributed by atoms with van der Waals surface area (Å²) in [5.41, 5.74) is 19.3. The van der Waals surface area contributed by atoms with Crippen molar-refractivity contribution in [1.82, 2.24) is 9.13 Å². The van der Waals surface area contributed by atoms with Crippen LogP contribution in [0.15, 0.2) is 206 Å². The molecule has 0 atom stereocenters. The van der Waals surface area contributed by atoms with Gasteiger partial charge in [0.1, 0.15) is 0 Å². The van der Waals surface area contributed by atoms with Crippen LogP contribution in [-0.2, 0) is 0 Å². The lowest BCUT2D eigenvalue weighted by Crippen LogP contribution is -1.96. The monoisotopic (exact) mass is 740 g/mol. The largest absolute Gasteiger partial charge is 0.309 e. The Balaban J connectivity index is 1.07. The summed E-state index contributed by atoms with van der Waals surface area (Å²) in [6.45, 7) is 4.34. The van der Waals surface area contributed by atoms with Gasteiger partial charge in [-0.05, 0) is 119 Å². The first kappa shape index (κ1) is 33.9. The number of aromatic nitrogens is 2. The van der Waals surface area contributed by atoms with Crippen LogP contribution in [0.3, 0.4) is 0 Å². The molecule has 0 bridgehead atoms. The van der Waals surface area contributed by atoms with E-state index in [4.69, 9.17) is 0 Å². The molecule has 0 aliphatic rings. The summed E-state index contributed by atoms with van der Waals surface area (Å²) in [5.74, 6) is 0. The number of hydrogen-bond acceptors (Lipinski definition) is 0. The molecule has 9 aromatic carbocycles. The molecule has 0 aliphatic heterocycles. The Bertz CT molecular complexity index is 3250. The van der Waals surface area contributed by atoms with Crippen molar-refractivity contribution in [2.24, 2.45) is 0 Å². The minimum atomic E-state index is 1.14. The van der Waals surface area contributed by atoms with E-state index in [0.717, 1.165) is 11.4 Å². The van der Waals surface area contributed by atoms with Gasteiger partial charge in [0.05, 0.1) is 22.1 Å². The minimum Gasteiger partial charge on any atom is -0.309 e. The van der Waals surface area contributed by atoms with E-state index in [0.29, 0.717) is 0 Å². The van der Waals surface area contributed by atoms with Crippen LogP contribution < -0.4 is 0 Å². The van der Waals surface area contributed by atoms with Gasteiger partial charge < -0.3 is 9.13 Å². The fraction of sp³-hybridized carbons (Fsp3) is 0.0357. The van der Waals surface area contributed by atoms with Crippen molar-refractivity contribution in [3.05, 3.63) is 217 Å². The van der Waals surface area contributed by atoms with Crippen LogP contribution in [0.25, 0.3) is 99.5 Å². The molecule has 0 amide bonds. The first-order valence-corrected chi connectivity index (χ1v) is 20.1. The lowest BCUT2D eigenvalue weighted by molar-refractivity contribution is 1.18. The predicted molar refractivity (Wildman–Crippen MR) is 246 cm³/mol. The molecule has 0 saturated carbocycles. The van der Waals surface area contributed by atoms with E-state index >= 15 is 0 Å². The molecule has 0 radical (unpaired) electrons. The molecule has 0 aliphatic carbocycles. The Morgan fingerprint density at radius 1 is 0.241 bits per heavy atom.